The molecule has 0 fully saturated rings. The number of para-hydroxylation sites is 1. The summed E-state index contributed by atoms with van der Waals surface area (Å²) in [6.07, 6.45) is 4.30. The molecule has 1 aromatic heterocycles. The highest BCUT2D eigenvalue weighted by molar-refractivity contribution is 9.10. The summed E-state index contributed by atoms with van der Waals surface area (Å²) in [5.74, 6) is 0.650. The van der Waals surface area contributed by atoms with Crippen molar-refractivity contribution in [1.29, 1.82) is 0 Å². The van der Waals surface area contributed by atoms with E-state index in [4.69, 9.17) is 5.73 Å². The summed E-state index contributed by atoms with van der Waals surface area (Å²) in [6, 6.07) is 12.6. The van der Waals surface area contributed by atoms with Gasteiger partial charge in [0.15, 0.2) is 0 Å². The van der Waals surface area contributed by atoms with Crippen molar-refractivity contribution >= 4 is 21.6 Å². The van der Waals surface area contributed by atoms with E-state index in [-0.39, 0.29) is 5.82 Å². The molecule has 2 aromatic carbocycles. The van der Waals surface area contributed by atoms with Gasteiger partial charge in [-0.2, -0.15) is 0 Å². The van der Waals surface area contributed by atoms with Crippen LogP contribution in [0.3, 0.4) is 0 Å². The molecule has 0 saturated carbocycles. The van der Waals surface area contributed by atoms with E-state index < -0.39 is 0 Å². The van der Waals surface area contributed by atoms with Crippen molar-refractivity contribution in [1.82, 2.24) is 9.55 Å². The number of nitrogen functional groups attached to an aromatic ring is 1. The lowest BCUT2D eigenvalue weighted by atomic mass is 10.1. The molecule has 5 heteroatoms. The molecular weight excluding hydrogens is 345 g/mol. The summed E-state index contributed by atoms with van der Waals surface area (Å²) >= 11 is 3.32. The number of halogens is 2. The minimum Gasteiger partial charge on any atom is -0.398 e. The van der Waals surface area contributed by atoms with Crippen molar-refractivity contribution in [3.8, 4) is 0 Å². The zero-order valence-corrected chi connectivity index (χ0v) is 13.4. The fourth-order valence-electron chi connectivity index (χ4n) is 2.42. The Hall–Kier alpha value is -2.14. The molecule has 0 amide bonds. The third-order valence-electron chi connectivity index (χ3n) is 3.48. The predicted octanol–water partition coefficient (Wildman–Crippen LogP) is 4.01. The molecule has 1 heterocycles. The second-order valence-electron chi connectivity index (χ2n) is 5.12. The number of nitrogens with two attached hydrogens (primary N) is 1. The number of hydrogen-bond acceptors (Lipinski definition) is 2. The highest BCUT2D eigenvalue weighted by atomic mass is 79.9. The van der Waals surface area contributed by atoms with Crippen LogP contribution in [0.15, 0.2) is 59.3 Å². The molecule has 3 aromatic rings. The Morgan fingerprint density at radius 2 is 2.00 bits per heavy atom. The van der Waals surface area contributed by atoms with E-state index in [0.29, 0.717) is 13.0 Å². The van der Waals surface area contributed by atoms with Gasteiger partial charge < -0.3 is 10.3 Å². The fourth-order valence-corrected chi connectivity index (χ4v) is 2.93. The lowest BCUT2D eigenvalue weighted by molar-refractivity contribution is 0.621. The minimum atomic E-state index is -0.252. The van der Waals surface area contributed by atoms with E-state index in [0.717, 1.165) is 27.1 Å². The largest absolute Gasteiger partial charge is 0.398 e. The van der Waals surface area contributed by atoms with E-state index in [1.165, 1.54) is 12.1 Å². The third kappa shape index (κ3) is 3.36. The van der Waals surface area contributed by atoms with Gasteiger partial charge in [0.25, 0.3) is 0 Å². The number of hydrogen-bond donors (Lipinski definition) is 1. The standard InChI is InChI=1S/C17H15BrFN3/c18-14-7-12(8-15(19)10-14)11-22-6-5-21-17(22)9-13-3-1-2-4-16(13)20/h1-8,10H,9,11,20H2. The average molecular weight is 360 g/mol. The molecule has 0 aliphatic heterocycles. The Morgan fingerprint density at radius 1 is 1.18 bits per heavy atom. The number of anilines is 1. The molecule has 22 heavy (non-hydrogen) atoms. The average Bonchev–Trinajstić information content (AvgIpc) is 2.87. The Kier molecular flexibility index (Phi) is 4.24. The molecule has 3 nitrogen and oxygen atoms in total. The summed E-state index contributed by atoms with van der Waals surface area (Å²) in [4.78, 5) is 4.40. The molecule has 112 valence electrons. The number of aromatic nitrogens is 2. The zero-order chi connectivity index (χ0) is 15.5. The summed E-state index contributed by atoms with van der Waals surface area (Å²) in [7, 11) is 0. The van der Waals surface area contributed by atoms with Gasteiger partial charge in [-0.3, -0.25) is 0 Å². The second-order valence-corrected chi connectivity index (χ2v) is 6.04. The molecule has 0 spiro atoms. The monoisotopic (exact) mass is 359 g/mol. The first-order valence-electron chi connectivity index (χ1n) is 6.90. The first-order valence-corrected chi connectivity index (χ1v) is 7.69. The number of rotatable bonds is 4. The van der Waals surface area contributed by atoms with Crippen LogP contribution in [0.2, 0.25) is 0 Å². The SMILES string of the molecule is Nc1ccccc1Cc1nccn1Cc1cc(F)cc(Br)c1. The molecule has 0 atom stereocenters. The molecule has 0 aliphatic rings. The highest BCUT2D eigenvalue weighted by Gasteiger charge is 2.08. The first-order chi connectivity index (χ1) is 10.6. The van der Waals surface area contributed by atoms with Gasteiger partial charge in [0.1, 0.15) is 11.6 Å². The van der Waals surface area contributed by atoms with Gasteiger partial charge >= 0.3 is 0 Å². The third-order valence-corrected chi connectivity index (χ3v) is 3.94. The normalized spacial score (nSPS) is 10.8. The summed E-state index contributed by atoms with van der Waals surface area (Å²) < 4.78 is 16.2. The van der Waals surface area contributed by atoms with Gasteiger partial charge in [-0.25, -0.2) is 9.37 Å². The quantitative estimate of drug-likeness (QED) is 0.715. The summed E-state index contributed by atoms with van der Waals surface area (Å²) in [5.41, 5.74) is 8.66. The van der Waals surface area contributed by atoms with Crippen LogP contribution in [0.5, 0.6) is 0 Å². The molecule has 3 rings (SSSR count). The second kappa shape index (κ2) is 6.32. The zero-order valence-electron chi connectivity index (χ0n) is 11.8. The van der Waals surface area contributed by atoms with E-state index >= 15 is 0 Å². The Labute approximate surface area is 136 Å². The van der Waals surface area contributed by atoms with Crippen LogP contribution in [-0.4, -0.2) is 9.55 Å². The van der Waals surface area contributed by atoms with Gasteiger partial charge in [0.05, 0.1) is 0 Å². The van der Waals surface area contributed by atoms with Crippen molar-refractivity contribution in [2.24, 2.45) is 0 Å². The van der Waals surface area contributed by atoms with Crippen LogP contribution >= 0.6 is 15.9 Å². The maximum atomic E-state index is 13.5. The molecule has 0 aliphatic carbocycles. The summed E-state index contributed by atoms with van der Waals surface area (Å²) in [6.45, 7) is 0.568. The van der Waals surface area contributed by atoms with Gasteiger partial charge in [-0.15, -0.1) is 0 Å². The Bertz CT molecular complexity index is 778. The van der Waals surface area contributed by atoms with Gasteiger partial charge in [-0.05, 0) is 35.4 Å². The maximum absolute atomic E-state index is 13.5. The van der Waals surface area contributed by atoms with Crippen LogP contribution in [0.25, 0.3) is 0 Å². The lowest BCUT2D eigenvalue weighted by Crippen LogP contribution is -2.06. The molecule has 2 N–H and O–H groups in total. The summed E-state index contributed by atoms with van der Waals surface area (Å²) in [5, 5.41) is 0. The molecule has 0 radical (unpaired) electrons. The first kappa shape index (κ1) is 14.8. The predicted molar refractivity (Wildman–Crippen MR) is 89.1 cm³/mol. The minimum absolute atomic E-state index is 0.252. The molecule has 0 saturated heterocycles. The van der Waals surface area contributed by atoms with E-state index in [1.807, 2.05) is 41.1 Å². The van der Waals surface area contributed by atoms with Crippen molar-refractivity contribution < 1.29 is 4.39 Å². The number of imidazole rings is 1. The van der Waals surface area contributed by atoms with Crippen molar-refractivity contribution in [2.45, 2.75) is 13.0 Å². The lowest BCUT2D eigenvalue weighted by Gasteiger charge is -2.10. The maximum Gasteiger partial charge on any atom is 0.124 e. The number of nitrogens with zero attached hydrogens (tertiary/aromatic N) is 2. The van der Waals surface area contributed by atoms with Crippen molar-refractivity contribution in [3.63, 3.8) is 0 Å². The van der Waals surface area contributed by atoms with E-state index in [2.05, 4.69) is 20.9 Å². The number of benzene rings is 2. The highest BCUT2D eigenvalue weighted by Crippen LogP contribution is 2.18. The van der Waals surface area contributed by atoms with E-state index in [1.54, 1.807) is 6.20 Å². The molecule has 0 unspecified atom stereocenters. The van der Waals surface area contributed by atoms with E-state index in [9.17, 15) is 4.39 Å². The molecular formula is C17H15BrFN3. The van der Waals surface area contributed by atoms with Crippen LogP contribution in [-0.2, 0) is 13.0 Å². The van der Waals surface area contributed by atoms with Crippen molar-refractivity contribution in [3.05, 3.63) is 82.1 Å². The van der Waals surface area contributed by atoms with Gasteiger partial charge in [-0.1, -0.05) is 34.1 Å². The van der Waals surface area contributed by atoms with Crippen molar-refractivity contribution in [2.75, 3.05) is 5.73 Å². The van der Waals surface area contributed by atoms with Crippen LogP contribution < -0.4 is 5.73 Å². The van der Waals surface area contributed by atoms with Gasteiger partial charge in [0.2, 0.25) is 0 Å². The van der Waals surface area contributed by atoms with Gasteiger partial charge in [0, 0.05) is 35.5 Å². The van der Waals surface area contributed by atoms with Crippen LogP contribution in [0.1, 0.15) is 17.0 Å². The Balaban J connectivity index is 1.85. The molecule has 0 bridgehead atoms. The topological polar surface area (TPSA) is 43.8 Å². The van der Waals surface area contributed by atoms with Crippen LogP contribution in [0, 0.1) is 5.82 Å². The fraction of sp³-hybridized carbons (Fsp3) is 0.118. The smallest absolute Gasteiger partial charge is 0.124 e. The van der Waals surface area contributed by atoms with Crippen LogP contribution in [0.4, 0.5) is 10.1 Å². The Morgan fingerprint density at radius 3 is 2.77 bits per heavy atom.